The number of aliphatic hydroxyl groups excluding tert-OH is 1. The smallest absolute Gasteiger partial charge is 0.310 e. The van der Waals surface area contributed by atoms with Gasteiger partial charge in [-0.3, -0.25) is 14.4 Å². The predicted octanol–water partition coefficient (Wildman–Crippen LogP) is 3.37. The number of ether oxygens (including phenoxy) is 1. The van der Waals surface area contributed by atoms with E-state index in [4.69, 9.17) is 4.74 Å². The number of carboxylic acid groups (broad SMARTS) is 1. The zero-order valence-corrected chi connectivity index (χ0v) is 21.1. The number of carboxylic acids is 1. The molecule has 3 saturated heterocycles. The maximum absolute atomic E-state index is 14.4. The fourth-order valence-electron chi connectivity index (χ4n) is 6.84. The van der Waals surface area contributed by atoms with E-state index in [1.165, 1.54) is 0 Å². The van der Waals surface area contributed by atoms with Gasteiger partial charge in [-0.15, -0.1) is 6.58 Å². The quantitative estimate of drug-likeness (QED) is 0.378. The number of aliphatic hydroxyl groups is 1. The summed E-state index contributed by atoms with van der Waals surface area (Å²) >= 11 is 0. The van der Waals surface area contributed by atoms with Crippen LogP contribution in [0.15, 0.2) is 55.1 Å². The maximum atomic E-state index is 14.4. The zero-order chi connectivity index (χ0) is 26.4. The molecule has 2 amide bonds. The summed E-state index contributed by atoms with van der Waals surface area (Å²) in [6, 6.07) is 12.7. The lowest BCUT2D eigenvalue weighted by atomic mass is 9.66. The zero-order valence-electron chi connectivity index (χ0n) is 21.1. The number of amides is 2. The van der Waals surface area contributed by atoms with Gasteiger partial charge >= 0.3 is 5.97 Å². The number of fused-ring (bicyclic) bond motifs is 2. The Morgan fingerprint density at radius 1 is 1.16 bits per heavy atom. The number of carbonyl (C=O) groups excluding carboxylic acids is 2. The van der Waals surface area contributed by atoms with Crippen molar-refractivity contribution < 1.29 is 29.3 Å². The third kappa shape index (κ3) is 3.94. The summed E-state index contributed by atoms with van der Waals surface area (Å²) in [4.78, 5) is 43.8. The van der Waals surface area contributed by atoms with E-state index in [0.29, 0.717) is 44.3 Å². The number of rotatable bonds is 10. The van der Waals surface area contributed by atoms with Crippen molar-refractivity contribution in [3.05, 3.63) is 55.1 Å². The molecule has 196 valence electrons. The van der Waals surface area contributed by atoms with Crippen molar-refractivity contribution in [3.63, 3.8) is 0 Å². The van der Waals surface area contributed by atoms with E-state index in [1.54, 1.807) is 22.8 Å². The third-order valence-electron chi connectivity index (χ3n) is 8.46. The summed E-state index contributed by atoms with van der Waals surface area (Å²) in [7, 11) is 0. The lowest BCUT2D eigenvalue weighted by molar-refractivity contribution is -0.154. The van der Waals surface area contributed by atoms with Gasteiger partial charge in [-0.1, -0.05) is 36.4 Å². The Bertz CT molecular complexity index is 1250. The second kappa shape index (κ2) is 9.58. The van der Waals surface area contributed by atoms with Crippen LogP contribution in [0.2, 0.25) is 0 Å². The highest BCUT2D eigenvalue weighted by Crippen LogP contribution is 2.63. The molecule has 0 saturated carbocycles. The normalized spacial score (nSPS) is 30.1. The molecule has 2 unspecified atom stereocenters. The maximum Gasteiger partial charge on any atom is 0.310 e. The lowest BCUT2D eigenvalue weighted by Crippen LogP contribution is -2.56. The lowest BCUT2D eigenvalue weighted by Gasteiger charge is -2.37. The molecule has 3 aliphatic heterocycles. The van der Waals surface area contributed by atoms with Crippen molar-refractivity contribution in [2.24, 2.45) is 11.8 Å². The Morgan fingerprint density at radius 2 is 1.92 bits per heavy atom. The van der Waals surface area contributed by atoms with Crippen LogP contribution in [-0.4, -0.2) is 69.8 Å². The fourth-order valence-corrected chi connectivity index (χ4v) is 6.84. The molecule has 3 heterocycles. The number of aliphatic carboxylic acids is 1. The molecule has 37 heavy (non-hydrogen) atoms. The van der Waals surface area contributed by atoms with Crippen LogP contribution in [-0.2, 0) is 19.1 Å². The SMILES string of the molecule is C=CCN(C(=O)C1N(CCCCCO)C(=O)[C@@H]2[C@H](C(=O)O)[C@]3(C)CCC12O3)c1ccc2ccccc2c1. The van der Waals surface area contributed by atoms with Gasteiger partial charge in [-0.05, 0) is 61.9 Å². The van der Waals surface area contributed by atoms with Crippen LogP contribution >= 0.6 is 0 Å². The number of nitrogens with zero attached hydrogens (tertiary/aromatic N) is 2. The molecule has 3 aliphatic rings. The molecule has 2 N–H and O–H groups in total. The molecular weight excluding hydrogens is 472 g/mol. The number of carbonyl (C=O) groups is 3. The van der Waals surface area contributed by atoms with Crippen LogP contribution in [0.5, 0.6) is 0 Å². The number of anilines is 1. The minimum atomic E-state index is -1.18. The minimum Gasteiger partial charge on any atom is -0.481 e. The molecule has 2 aromatic rings. The predicted molar refractivity (Wildman–Crippen MR) is 139 cm³/mol. The molecule has 5 atom stereocenters. The second-order valence-electron chi connectivity index (χ2n) is 10.7. The first-order valence-electron chi connectivity index (χ1n) is 13.0. The number of benzene rings is 2. The Kier molecular flexibility index (Phi) is 6.58. The van der Waals surface area contributed by atoms with Gasteiger partial charge in [-0.2, -0.15) is 0 Å². The molecule has 0 aromatic heterocycles. The fraction of sp³-hybridized carbons (Fsp3) is 0.483. The largest absolute Gasteiger partial charge is 0.481 e. The van der Waals surface area contributed by atoms with Gasteiger partial charge < -0.3 is 24.7 Å². The molecule has 1 spiro atoms. The number of hydrogen-bond acceptors (Lipinski definition) is 5. The molecule has 8 heteroatoms. The van der Waals surface area contributed by atoms with Crippen LogP contribution in [0.1, 0.15) is 39.0 Å². The van der Waals surface area contributed by atoms with Crippen molar-refractivity contribution in [1.29, 1.82) is 0 Å². The Labute approximate surface area is 216 Å². The van der Waals surface area contributed by atoms with Crippen LogP contribution in [0.3, 0.4) is 0 Å². The van der Waals surface area contributed by atoms with Gasteiger partial charge in [0.2, 0.25) is 5.91 Å². The average molecular weight is 507 g/mol. The van der Waals surface area contributed by atoms with Gasteiger partial charge in [0.25, 0.3) is 5.91 Å². The van der Waals surface area contributed by atoms with E-state index in [2.05, 4.69) is 6.58 Å². The van der Waals surface area contributed by atoms with Gasteiger partial charge in [0, 0.05) is 25.4 Å². The molecule has 2 bridgehead atoms. The first-order valence-corrected chi connectivity index (χ1v) is 13.0. The van der Waals surface area contributed by atoms with E-state index >= 15 is 0 Å². The highest BCUT2D eigenvalue weighted by atomic mass is 16.5. The molecule has 3 fully saturated rings. The Hall–Kier alpha value is -3.23. The van der Waals surface area contributed by atoms with Crippen molar-refractivity contribution in [3.8, 4) is 0 Å². The van der Waals surface area contributed by atoms with Gasteiger partial charge in [0.1, 0.15) is 11.6 Å². The second-order valence-corrected chi connectivity index (χ2v) is 10.7. The molecule has 0 aliphatic carbocycles. The standard InChI is InChI=1S/C29H34N2O6/c1-3-15-30(21-12-11-19-9-5-6-10-20(19)18-21)26(34)24-29-14-13-28(2,37-29)23(27(35)36)22(29)25(33)31(24)16-7-4-8-17-32/h3,5-6,9-12,18,22-24,32H,1,4,7-8,13-17H2,2H3,(H,35,36)/t22-,23+,24?,28-,29?/m0/s1. The monoisotopic (exact) mass is 506 g/mol. The van der Waals surface area contributed by atoms with E-state index in [-0.39, 0.29) is 25.0 Å². The highest BCUT2D eigenvalue weighted by molar-refractivity contribution is 6.05. The van der Waals surface area contributed by atoms with Gasteiger partial charge in [0.15, 0.2) is 0 Å². The summed E-state index contributed by atoms with van der Waals surface area (Å²) in [5.74, 6) is -3.58. The van der Waals surface area contributed by atoms with Crippen molar-refractivity contribution in [2.45, 2.75) is 56.3 Å². The summed E-state index contributed by atoms with van der Waals surface area (Å²) in [5, 5.41) is 21.3. The van der Waals surface area contributed by atoms with E-state index < -0.39 is 35.0 Å². The van der Waals surface area contributed by atoms with E-state index in [1.807, 2.05) is 42.5 Å². The number of hydrogen-bond donors (Lipinski definition) is 2. The summed E-state index contributed by atoms with van der Waals surface area (Å²) in [6.07, 6.45) is 4.48. The van der Waals surface area contributed by atoms with Crippen molar-refractivity contribution >= 4 is 34.2 Å². The van der Waals surface area contributed by atoms with Gasteiger partial charge in [0.05, 0.1) is 17.4 Å². The van der Waals surface area contributed by atoms with Crippen LogP contribution < -0.4 is 4.90 Å². The van der Waals surface area contributed by atoms with Crippen LogP contribution in [0.25, 0.3) is 10.8 Å². The van der Waals surface area contributed by atoms with Crippen molar-refractivity contribution in [2.75, 3.05) is 24.6 Å². The minimum absolute atomic E-state index is 0.0560. The van der Waals surface area contributed by atoms with E-state index in [0.717, 1.165) is 10.8 Å². The summed E-state index contributed by atoms with van der Waals surface area (Å²) in [5.41, 5.74) is -1.48. The van der Waals surface area contributed by atoms with Crippen LogP contribution in [0.4, 0.5) is 5.69 Å². The topological polar surface area (TPSA) is 107 Å². The summed E-state index contributed by atoms with van der Waals surface area (Å²) < 4.78 is 6.48. The average Bonchev–Trinajstić information content (AvgIpc) is 3.45. The van der Waals surface area contributed by atoms with Crippen molar-refractivity contribution in [1.82, 2.24) is 4.90 Å². The van der Waals surface area contributed by atoms with E-state index in [9.17, 15) is 24.6 Å². The molecule has 5 rings (SSSR count). The molecule has 8 nitrogen and oxygen atoms in total. The molecule has 0 radical (unpaired) electrons. The third-order valence-corrected chi connectivity index (χ3v) is 8.46. The first-order chi connectivity index (χ1) is 17.8. The Morgan fingerprint density at radius 3 is 2.62 bits per heavy atom. The van der Waals surface area contributed by atoms with Gasteiger partial charge in [-0.25, -0.2) is 0 Å². The first kappa shape index (κ1) is 25.4. The van der Waals surface area contributed by atoms with Crippen LogP contribution in [0, 0.1) is 11.8 Å². The highest BCUT2D eigenvalue weighted by Gasteiger charge is 2.78. The number of unbranched alkanes of at least 4 members (excludes halogenated alkanes) is 2. The number of likely N-dealkylation sites (tertiary alicyclic amines) is 1. The molecular formula is C29H34N2O6. The molecule has 2 aromatic carbocycles. The Balaban J connectivity index is 1.56. The summed E-state index contributed by atoms with van der Waals surface area (Å²) in [6.45, 7) is 6.20.